The van der Waals surface area contributed by atoms with Crippen molar-refractivity contribution in [2.75, 3.05) is 19.6 Å². The van der Waals surface area contributed by atoms with Gasteiger partial charge in [0.1, 0.15) is 5.69 Å². The van der Waals surface area contributed by atoms with Crippen molar-refractivity contribution < 1.29 is 4.52 Å². The van der Waals surface area contributed by atoms with Gasteiger partial charge >= 0.3 is 0 Å². The smallest absolute Gasteiger partial charge is 0.230 e. The van der Waals surface area contributed by atoms with Crippen molar-refractivity contribution >= 4 is 10.9 Å². The average molecular weight is 377 g/mol. The molecule has 0 N–H and O–H groups in total. The molecule has 1 aliphatic heterocycles. The first-order valence-corrected chi connectivity index (χ1v) is 10.8. The molecular formula is C23H28N4O. The predicted octanol–water partition coefficient (Wildman–Crippen LogP) is 5.04. The van der Waals surface area contributed by atoms with Crippen LogP contribution in [0, 0.1) is 5.92 Å². The number of likely N-dealkylation sites (tertiary alicyclic amines) is 1. The van der Waals surface area contributed by atoms with E-state index in [1.807, 2.05) is 24.3 Å². The zero-order valence-electron chi connectivity index (χ0n) is 16.4. The van der Waals surface area contributed by atoms with Crippen LogP contribution >= 0.6 is 0 Å². The molecule has 2 aliphatic rings. The number of aromatic nitrogens is 3. The van der Waals surface area contributed by atoms with Crippen LogP contribution in [-0.2, 0) is 0 Å². The molecule has 3 heterocycles. The van der Waals surface area contributed by atoms with E-state index in [9.17, 15) is 0 Å². The summed E-state index contributed by atoms with van der Waals surface area (Å²) < 4.78 is 5.64. The number of piperidine rings is 1. The standard InChI is InChI=1S/C23H28N4O/c1-2-6-17(7-3-1)16-27-14-12-19(13-15-27)23-25-22(26-28-23)21-11-10-18-8-4-5-9-20(18)24-21/h4-5,8-11,17,19H,1-3,6-7,12-16H2. The molecule has 2 fully saturated rings. The lowest BCUT2D eigenvalue weighted by molar-refractivity contribution is 0.154. The summed E-state index contributed by atoms with van der Waals surface area (Å²) in [6.45, 7) is 3.57. The van der Waals surface area contributed by atoms with Crippen LogP contribution in [0.15, 0.2) is 40.9 Å². The topological polar surface area (TPSA) is 55.1 Å². The summed E-state index contributed by atoms with van der Waals surface area (Å²) in [6.07, 6.45) is 9.35. The first-order chi connectivity index (χ1) is 13.8. The second-order valence-electron chi connectivity index (χ2n) is 8.42. The van der Waals surface area contributed by atoms with Crippen molar-refractivity contribution in [3.8, 4) is 11.5 Å². The van der Waals surface area contributed by atoms with Crippen LogP contribution in [0.25, 0.3) is 22.4 Å². The number of fused-ring (bicyclic) bond motifs is 1. The molecule has 5 nitrogen and oxygen atoms in total. The highest BCUT2D eigenvalue weighted by molar-refractivity contribution is 5.80. The fraction of sp³-hybridized carbons (Fsp3) is 0.522. The zero-order valence-corrected chi connectivity index (χ0v) is 16.4. The molecule has 28 heavy (non-hydrogen) atoms. The molecule has 0 unspecified atom stereocenters. The largest absolute Gasteiger partial charge is 0.339 e. The van der Waals surface area contributed by atoms with E-state index < -0.39 is 0 Å². The summed E-state index contributed by atoms with van der Waals surface area (Å²) in [7, 11) is 0. The molecule has 2 aromatic heterocycles. The lowest BCUT2D eigenvalue weighted by atomic mass is 9.88. The maximum Gasteiger partial charge on any atom is 0.230 e. The van der Waals surface area contributed by atoms with Crippen molar-refractivity contribution in [1.29, 1.82) is 0 Å². The summed E-state index contributed by atoms with van der Waals surface area (Å²) in [5, 5.41) is 5.34. The predicted molar refractivity (Wildman–Crippen MR) is 110 cm³/mol. The third-order valence-electron chi connectivity index (χ3n) is 6.45. The second kappa shape index (κ2) is 8.00. The monoisotopic (exact) mass is 376 g/mol. The van der Waals surface area contributed by atoms with E-state index in [0.717, 1.165) is 54.3 Å². The molecule has 5 heteroatoms. The van der Waals surface area contributed by atoms with Gasteiger partial charge in [-0.3, -0.25) is 0 Å². The third kappa shape index (κ3) is 3.81. The number of nitrogens with zero attached hydrogens (tertiary/aromatic N) is 4. The van der Waals surface area contributed by atoms with E-state index in [4.69, 9.17) is 9.51 Å². The van der Waals surface area contributed by atoms with Gasteiger partial charge in [0, 0.05) is 17.8 Å². The Kier molecular flexibility index (Phi) is 5.08. The highest BCUT2D eigenvalue weighted by atomic mass is 16.5. The Bertz CT molecular complexity index is 923. The Balaban J connectivity index is 1.22. The van der Waals surface area contributed by atoms with Crippen molar-refractivity contribution in [3.05, 3.63) is 42.3 Å². The molecule has 1 saturated heterocycles. The van der Waals surface area contributed by atoms with Crippen molar-refractivity contribution in [1.82, 2.24) is 20.0 Å². The first-order valence-electron chi connectivity index (χ1n) is 10.8. The van der Waals surface area contributed by atoms with Gasteiger partial charge in [0.15, 0.2) is 0 Å². The highest BCUT2D eigenvalue weighted by Crippen LogP contribution is 2.31. The normalized spacial score (nSPS) is 20.0. The number of rotatable bonds is 4. The van der Waals surface area contributed by atoms with Crippen LogP contribution in [0.2, 0.25) is 0 Å². The Labute approximate surface area is 166 Å². The molecule has 1 aliphatic carbocycles. The summed E-state index contributed by atoms with van der Waals surface area (Å²) in [4.78, 5) is 12.0. The minimum Gasteiger partial charge on any atom is -0.339 e. The van der Waals surface area contributed by atoms with Gasteiger partial charge in [-0.1, -0.05) is 48.7 Å². The molecule has 0 spiro atoms. The van der Waals surface area contributed by atoms with Crippen molar-refractivity contribution in [2.24, 2.45) is 5.92 Å². The SMILES string of the molecule is c1ccc2nc(-c3noc(C4CCN(CC5CCCCC5)CC4)n3)ccc2c1. The van der Waals surface area contributed by atoms with E-state index in [-0.39, 0.29) is 0 Å². The Hall–Kier alpha value is -2.27. The molecule has 1 saturated carbocycles. The van der Waals surface area contributed by atoms with Crippen LogP contribution in [-0.4, -0.2) is 39.7 Å². The van der Waals surface area contributed by atoms with Gasteiger partial charge in [0.05, 0.1) is 5.52 Å². The molecular weight excluding hydrogens is 348 g/mol. The third-order valence-corrected chi connectivity index (χ3v) is 6.45. The fourth-order valence-corrected chi connectivity index (χ4v) is 4.79. The molecule has 146 valence electrons. The van der Waals surface area contributed by atoms with Gasteiger partial charge in [-0.05, 0) is 56.8 Å². The molecule has 0 atom stereocenters. The lowest BCUT2D eigenvalue weighted by Crippen LogP contribution is -2.37. The lowest BCUT2D eigenvalue weighted by Gasteiger charge is -2.34. The Morgan fingerprint density at radius 2 is 1.71 bits per heavy atom. The van der Waals surface area contributed by atoms with Gasteiger partial charge < -0.3 is 9.42 Å². The van der Waals surface area contributed by atoms with Gasteiger partial charge in [0.2, 0.25) is 11.7 Å². The zero-order chi connectivity index (χ0) is 18.8. The molecule has 5 rings (SSSR count). The second-order valence-corrected chi connectivity index (χ2v) is 8.42. The number of para-hydroxylation sites is 1. The quantitative estimate of drug-likeness (QED) is 0.638. The van der Waals surface area contributed by atoms with Gasteiger partial charge in [-0.15, -0.1) is 0 Å². The molecule has 1 aromatic carbocycles. The van der Waals surface area contributed by atoms with Crippen LogP contribution in [0.4, 0.5) is 0 Å². The minimum absolute atomic E-state index is 0.379. The number of pyridine rings is 1. The van der Waals surface area contributed by atoms with Crippen LogP contribution < -0.4 is 0 Å². The van der Waals surface area contributed by atoms with E-state index in [2.05, 4.69) is 27.2 Å². The minimum atomic E-state index is 0.379. The first kappa shape index (κ1) is 17.8. The summed E-state index contributed by atoms with van der Waals surface area (Å²) in [5.74, 6) is 2.68. The molecule has 0 amide bonds. The Morgan fingerprint density at radius 1 is 0.893 bits per heavy atom. The maximum absolute atomic E-state index is 5.64. The highest BCUT2D eigenvalue weighted by Gasteiger charge is 2.27. The number of benzene rings is 1. The fourth-order valence-electron chi connectivity index (χ4n) is 4.79. The van der Waals surface area contributed by atoms with Crippen LogP contribution in [0.3, 0.4) is 0 Å². The summed E-state index contributed by atoms with van der Waals surface area (Å²) >= 11 is 0. The average Bonchev–Trinajstić information content (AvgIpc) is 3.25. The van der Waals surface area contributed by atoms with E-state index in [1.165, 1.54) is 38.6 Å². The maximum atomic E-state index is 5.64. The van der Waals surface area contributed by atoms with Crippen molar-refractivity contribution in [2.45, 2.75) is 50.9 Å². The van der Waals surface area contributed by atoms with E-state index in [1.54, 1.807) is 0 Å². The summed E-state index contributed by atoms with van der Waals surface area (Å²) in [6, 6.07) is 12.1. The van der Waals surface area contributed by atoms with Crippen molar-refractivity contribution in [3.63, 3.8) is 0 Å². The van der Waals surface area contributed by atoms with E-state index >= 15 is 0 Å². The Morgan fingerprint density at radius 3 is 2.57 bits per heavy atom. The number of hydrogen-bond donors (Lipinski definition) is 0. The van der Waals surface area contributed by atoms with Gasteiger partial charge in [-0.25, -0.2) is 4.98 Å². The van der Waals surface area contributed by atoms with E-state index in [0.29, 0.717) is 11.7 Å². The number of hydrogen-bond acceptors (Lipinski definition) is 5. The van der Waals surface area contributed by atoms with Crippen LogP contribution in [0.5, 0.6) is 0 Å². The van der Waals surface area contributed by atoms with Gasteiger partial charge in [0.25, 0.3) is 0 Å². The molecule has 3 aromatic rings. The summed E-state index contributed by atoms with van der Waals surface area (Å²) in [5.41, 5.74) is 1.74. The van der Waals surface area contributed by atoms with Gasteiger partial charge in [-0.2, -0.15) is 4.98 Å². The van der Waals surface area contributed by atoms with Crippen LogP contribution in [0.1, 0.15) is 56.8 Å². The molecule has 0 radical (unpaired) electrons. The molecule has 0 bridgehead atoms.